The Bertz CT molecular complexity index is 254. The van der Waals surface area contributed by atoms with Gasteiger partial charge in [0.15, 0.2) is 0 Å². The molecule has 1 aliphatic rings. The van der Waals surface area contributed by atoms with Crippen molar-refractivity contribution in [3.63, 3.8) is 0 Å². The van der Waals surface area contributed by atoms with E-state index in [4.69, 9.17) is 0 Å². The summed E-state index contributed by atoms with van der Waals surface area (Å²) in [5.41, 5.74) is 0. The standard InChI is InChI=1S/C13H25BrN2O/c1-5-15(6-2)11-7-8-16(9-11)13(17)12(14)10(3)4/h10-12H,5-9H2,1-4H3. The third-order valence-corrected chi connectivity index (χ3v) is 5.07. The van der Waals surface area contributed by atoms with Gasteiger partial charge in [-0.15, -0.1) is 0 Å². The molecule has 0 saturated carbocycles. The molecule has 4 heteroatoms. The number of rotatable bonds is 5. The summed E-state index contributed by atoms with van der Waals surface area (Å²) < 4.78 is 0. The summed E-state index contributed by atoms with van der Waals surface area (Å²) >= 11 is 3.50. The van der Waals surface area contributed by atoms with Crippen LogP contribution in [0.2, 0.25) is 0 Å². The Labute approximate surface area is 114 Å². The Morgan fingerprint density at radius 2 is 2.00 bits per heavy atom. The van der Waals surface area contributed by atoms with Crippen molar-refractivity contribution >= 4 is 21.8 Å². The van der Waals surface area contributed by atoms with Gasteiger partial charge < -0.3 is 4.90 Å². The molecule has 0 aromatic carbocycles. The number of halogens is 1. The van der Waals surface area contributed by atoms with Gasteiger partial charge in [-0.05, 0) is 25.4 Å². The van der Waals surface area contributed by atoms with E-state index in [2.05, 4.69) is 48.5 Å². The van der Waals surface area contributed by atoms with Crippen LogP contribution in [0.5, 0.6) is 0 Å². The van der Waals surface area contributed by atoms with Gasteiger partial charge in [-0.3, -0.25) is 9.69 Å². The molecule has 17 heavy (non-hydrogen) atoms. The highest BCUT2D eigenvalue weighted by Crippen LogP contribution is 2.21. The highest BCUT2D eigenvalue weighted by molar-refractivity contribution is 9.10. The molecule has 0 bridgehead atoms. The highest BCUT2D eigenvalue weighted by atomic mass is 79.9. The second-order valence-corrected chi connectivity index (χ2v) is 6.08. The van der Waals surface area contributed by atoms with Crippen LogP contribution in [0.1, 0.15) is 34.1 Å². The molecule has 1 saturated heterocycles. The van der Waals surface area contributed by atoms with E-state index in [1.54, 1.807) is 0 Å². The van der Waals surface area contributed by atoms with Crippen LogP contribution in [-0.2, 0) is 4.79 Å². The first-order valence-electron chi connectivity index (χ1n) is 6.68. The maximum absolute atomic E-state index is 12.2. The Balaban J connectivity index is 2.52. The molecule has 2 unspecified atom stereocenters. The average Bonchev–Trinajstić information content (AvgIpc) is 2.78. The lowest BCUT2D eigenvalue weighted by Gasteiger charge is -2.27. The SMILES string of the molecule is CCN(CC)C1CCN(C(=O)C(Br)C(C)C)C1. The van der Waals surface area contributed by atoms with Crippen LogP contribution in [0.15, 0.2) is 0 Å². The molecule has 1 aliphatic heterocycles. The van der Waals surface area contributed by atoms with E-state index >= 15 is 0 Å². The molecule has 1 fully saturated rings. The fourth-order valence-electron chi connectivity index (χ4n) is 2.44. The van der Waals surface area contributed by atoms with Gasteiger partial charge >= 0.3 is 0 Å². The van der Waals surface area contributed by atoms with Crippen molar-refractivity contribution in [2.75, 3.05) is 26.2 Å². The first-order valence-corrected chi connectivity index (χ1v) is 7.59. The van der Waals surface area contributed by atoms with E-state index in [0.29, 0.717) is 12.0 Å². The monoisotopic (exact) mass is 304 g/mol. The van der Waals surface area contributed by atoms with Crippen LogP contribution in [0.4, 0.5) is 0 Å². The molecule has 0 aromatic rings. The minimum absolute atomic E-state index is 0.0297. The summed E-state index contributed by atoms with van der Waals surface area (Å²) in [6, 6.07) is 0.556. The lowest BCUT2D eigenvalue weighted by molar-refractivity contribution is -0.130. The third-order valence-electron chi connectivity index (χ3n) is 3.63. The van der Waals surface area contributed by atoms with Gasteiger partial charge in [0, 0.05) is 19.1 Å². The number of likely N-dealkylation sites (N-methyl/N-ethyl adjacent to an activating group) is 1. The zero-order valence-corrected chi connectivity index (χ0v) is 13.0. The van der Waals surface area contributed by atoms with Crippen molar-refractivity contribution in [3.05, 3.63) is 0 Å². The van der Waals surface area contributed by atoms with Gasteiger partial charge in [-0.1, -0.05) is 43.6 Å². The van der Waals surface area contributed by atoms with Gasteiger partial charge in [0.2, 0.25) is 5.91 Å². The van der Waals surface area contributed by atoms with E-state index in [1.807, 2.05) is 4.90 Å². The molecule has 0 aromatic heterocycles. The van der Waals surface area contributed by atoms with Gasteiger partial charge in [-0.25, -0.2) is 0 Å². The van der Waals surface area contributed by atoms with Crippen LogP contribution in [0, 0.1) is 5.92 Å². The first-order chi connectivity index (χ1) is 8.01. The average molecular weight is 305 g/mol. The minimum Gasteiger partial charge on any atom is -0.340 e. The Morgan fingerprint density at radius 1 is 1.41 bits per heavy atom. The number of carbonyl (C=O) groups is 1. The predicted molar refractivity (Wildman–Crippen MR) is 75.5 cm³/mol. The Morgan fingerprint density at radius 3 is 2.47 bits per heavy atom. The summed E-state index contributed by atoms with van der Waals surface area (Å²) in [5, 5.41) is 0. The van der Waals surface area contributed by atoms with E-state index < -0.39 is 0 Å². The first kappa shape index (κ1) is 15.0. The van der Waals surface area contributed by atoms with Crippen molar-refractivity contribution in [1.82, 2.24) is 9.80 Å². The van der Waals surface area contributed by atoms with Crippen LogP contribution < -0.4 is 0 Å². The summed E-state index contributed by atoms with van der Waals surface area (Å²) in [6.07, 6.45) is 1.12. The third kappa shape index (κ3) is 3.68. The fourth-order valence-corrected chi connectivity index (χ4v) is 2.73. The second kappa shape index (κ2) is 6.74. The van der Waals surface area contributed by atoms with Crippen molar-refractivity contribution in [2.24, 2.45) is 5.92 Å². The molecular weight excluding hydrogens is 280 g/mol. The number of nitrogens with zero attached hydrogens (tertiary/aromatic N) is 2. The molecule has 1 heterocycles. The summed E-state index contributed by atoms with van der Waals surface area (Å²) in [7, 11) is 0. The fraction of sp³-hybridized carbons (Fsp3) is 0.923. The molecule has 3 nitrogen and oxygen atoms in total. The second-order valence-electron chi connectivity index (χ2n) is 5.09. The normalized spacial score (nSPS) is 22.5. The predicted octanol–water partition coefficient (Wildman–Crippen LogP) is 2.35. The van der Waals surface area contributed by atoms with Crippen LogP contribution in [-0.4, -0.2) is 52.8 Å². The quantitative estimate of drug-likeness (QED) is 0.728. The summed E-state index contributed by atoms with van der Waals surface area (Å²) in [5.74, 6) is 0.615. The minimum atomic E-state index is -0.0297. The van der Waals surface area contributed by atoms with Gasteiger partial charge in [0.1, 0.15) is 0 Å². The summed E-state index contributed by atoms with van der Waals surface area (Å²) in [4.78, 5) is 16.6. The molecule has 1 rings (SSSR count). The van der Waals surface area contributed by atoms with E-state index in [1.165, 1.54) is 0 Å². The molecule has 1 amide bonds. The van der Waals surface area contributed by atoms with Crippen molar-refractivity contribution in [3.8, 4) is 0 Å². The number of carbonyl (C=O) groups excluding carboxylic acids is 1. The Kier molecular flexibility index (Phi) is 5.93. The zero-order chi connectivity index (χ0) is 13.0. The summed E-state index contributed by atoms with van der Waals surface area (Å²) in [6.45, 7) is 12.5. The van der Waals surface area contributed by atoms with Crippen molar-refractivity contribution in [1.29, 1.82) is 0 Å². The van der Waals surface area contributed by atoms with E-state index in [9.17, 15) is 4.79 Å². The molecule has 0 radical (unpaired) electrons. The molecule has 100 valence electrons. The topological polar surface area (TPSA) is 23.6 Å². The van der Waals surface area contributed by atoms with E-state index in [-0.39, 0.29) is 10.7 Å². The largest absolute Gasteiger partial charge is 0.340 e. The number of hydrogen-bond acceptors (Lipinski definition) is 2. The number of likely N-dealkylation sites (tertiary alicyclic amines) is 1. The Hall–Kier alpha value is -0.0900. The van der Waals surface area contributed by atoms with Crippen LogP contribution in [0.3, 0.4) is 0 Å². The number of amides is 1. The van der Waals surface area contributed by atoms with Crippen LogP contribution in [0.25, 0.3) is 0 Å². The molecular formula is C13H25BrN2O. The van der Waals surface area contributed by atoms with E-state index in [0.717, 1.165) is 32.6 Å². The van der Waals surface area contributed by atoms with Crippen LogP contribution >= 0.6 is 15.9 Å². The highest BCUT2D eigenvalue weighted by Gasteiger charge is 2.32. The number of hydrogen-bond donors (Lipinski definition) is 0. The molecule has 0 N–H and O–H groups in total. The maximum Gasteiger partial charge on any atom is 0.236 e. The van der Waals surface area contributed by atoms with Gasteiger partial charge in [0.25, 0.3) is 0 Å². The van der Waals surface area contributed by atoms with Crippen molar-refractivity contribution < 1.29 is 4.79 Å². The van der Waals surface area contributed by atoms with Crippen molar-refractivity contribution in [2.45, 2.75) is 45.0 Å². The lowest BCUT2D eigenvalue weighted by Crippen LogP contribution is -2.41. The van der Waals surface area contributed by atoms with Gasteiger partial charge in [-0.2, -0.15) is 0 Å². The molecule has 2 atom stereocenters. The smallest absolute Gasteiger partial charge is 0.236 e. The molecule has 0 aliphatic carbocycles. The van der Waals surface area contributed by atoms with Gasteiger partial charge in [0.05, 0.1) is 4.83 Å². The zero-order valence-electron chi connectivity index (χ0n) is 11.4. The number of alkyl halides is 1. The lowest BCUT2D eigenvalue weighted by atomic mass is 10.1. The maximum atomic E-state index is 12.2. The molecule has 0 spiro atoms.